The van der Waals surface area contributed by atoms with Crippen molar-refractivity contribution in [3.8, 4) is 6.07 Å². The van der Waals surface area contributed by atoms with Crippen LogP contribution >= 0.6 is 0 Å². The molecule has 9 nitrogen and oxygen atoms in total. The Morgan fingerprint density at radius 3 is 2.58 bits per heavy atom. The Balaban J connectivity index is 1.73. The lowest BCUT2D eigenvalue weighted by Gasteiger charge is -2.23. The van der Waals surface area contributed by atoms with Crippen LogP contribution in [0.3, 0.4) is 0 Å². The molecule has 3 heterocycles. The molecule has 1 fully saturated rings. The summed E-state index contributed by atoms with van der Waals surface area (Å²) < 4.78 is 13.2. The Bertz CT molecular complexity index is 1070. The molecule has 0 bridgehead atoms. The Labute approximate surface area is 194 Å². The Morgan fingerprint density at radius 1 is 1.24 bits per heavy atom. The molecule has 2 aromatic rings. The minimum absolute atomic E-state index is 0.110. The van der Waals surface area contributed by atoms with Crippen molar-refractivity contribution in [1.82, 2.24) is 14.6 Å². The molecule has 1 N–H and O–H groups in total. The molecule has 0 aliphatic carbocycles. The zero-order valence-corrected chi connectivity index (χ0v) is 20.3. The molecule has 2 atom stereocenters. The molecule has 1 aliphatic heterocycles. The Kier molecular flexibility index (Phi) is 6.80. The summed E-state index contributed by atoms with van der Waals surface area (Å²) in [6, 6.07) is 5.87. The van der Waals surface area contributed by atoms with Gasteiger partial charge in [-0.1, -0.05) is 41.5 Å². The summed E-state index contributed by atoms with van der Waals surface area (Å²) in [6.07, 6.45) is 2.62. The predicted octanol–water partition coefficient (Wildman–Crippen LogP) is 4.20. The molecule has 2 aromatic heterocycles. The normalized spacial score (nSPS) is 21.1. The van der Waals surface area contributed by atoms with Crippen LogP contribution in [0.15, 0.2) is 18.5 Å². The van der Waals surface area contributed by atoms with Crippen molar-refractivity contribution in [1.29, 1.82) is 5.26 Å². The van der Waals surface area contributed by atoms with E-state index in [0.717, 1.165) is 5.69 Å². The minimum atomic E-state index is -1.20. The van der Waals surface area contributed by atoms with Gasteiger partial charge in [0.05, 0.1) is 12.1 Å². The first-order valence-electron chi connectivity index (χ1n) is 11.2. The van der Waals surface area contributed by atoms with E-state index in [1.807, 2.05) is 53.7 Å². The fraction of sp³-hybridized carbons (Fsp3) is 0.625. The summed E-state index contributed by atoms with van der Waals surface area (Å²) in [7, 11) is 0. The number of carbonyl (C=O) groups excluding carboxylic acids is 2. The van der Waals surface area contributed by atoms with Crippen LogP contribution in [0.5, 0.6) is 0 Å². The molecule has 1 saturated heterocycles. The number of rotatable bonds is 6. The molecular weight excluding hydrogens is 422 g/mol. The number of hydrogen-bond donors (Lipinski definition) is 1. The van der Waals surface area contributed by atoms with Crippen LogP contribution in [0.1, 0.15) is 79.0 Å². The number of fused-ring (bicyclic) bond motifs is 1. The monoisotopic (exact) mass is 455 g/mol. The van der Waals surface area contributed by atoms with Crippen molar-refractivity contribution in [3.63, 3.8) is 0 Å². The van der Waals surface area contributed by atoms with E-state index in [2.05, 4.69) is 21.5 Å². The van der Waals surface area contributed by atoms with Gasteiger partial charge in [-0.25, -0.2) is 9.50 Å². The van der Waals surface area contributed by atoms with Crippen molar-refractivity contribution >= 4 is 23.2 Å². The first-order valence-corrected chi connectivity index (χ1v) is 11.2. The third-order valence-electron chi connectivity index (χ3n) is 5.28. The van der Waals surface area contributed by atoms with E-state index in [1.165, 1.54) is 6.33 Å². The van der Waals surface area contributed by atoms with Crippen LogP contribution in [0.25, 0.3) is 5.52 Å². The topological polar surface area (TPSA) is 119 Å². The van der Waals surface area contributed by atoms with E-state index in [0.29, 0.717) is 30.6 Å². The fourth-order valence-corrected chi connectivity index (χ4v) is 3.82. The number of anilines is 1. The molecule has 1 amide bonds. The largest absolute Gasteiger partial charge is 0.461 e. The van der Waals surface area contributed by atoms with Crippen molar-refractivity contribution < 1.29 is 19.1 Å². The molecule has 1 aliphatic rings. The summed E-state index contributed by atoms with van der Waals surface area (Å²) in [5.41, 5.74) is -0.143. The van der Waals surface area contributed by atoms with E-state index < -0.39 is 11.7 Å². The second kappa shape index (κ2) is 9.10. The van der Waals surface area contributed by atoms with E-state index in [4.69, 9.17) is 9.47 Å². The molecule has 9 heteroatoms. The average molecular weight is 456 g/mol. The lowest BCUT2D eigenvalue weighted by Crippen LogP contribution is -2.34. The van der Waals surface area contributed by atoms with Gasteiger partial charge in [0, 0.05) is 6.42 Å². The van der Waals surface area contributed by atoms with Gasteiger partial charge in [0.2, 0.25) is 5.91 Å². The molecule has 0 aromatic carbocycles. The van der Waals surface area contributed by atoms with Crippen LogP contribution in [0, 0.1) is 22.2 Å². The van der Waals surface area contributed by atoms with Gasteiger partial charge in [-0.3, -0.25) is 9.59 Å². The number of nitrogens with zero attached hydrogens (tertiary/aromatic N) is 4. The highest BCUT2D eigenvalue weighted by Gasteiger charge is 2.43. The molecule has 0 saturated carbocycles. The maximum absolute atomic E-state index is 12.4. The third kappa shape index (κ3) is 6.29. The molecule has 3 rings (SSSR count). The number of ether oxygens (including phenoxy) is 2. The highest BCUT2D eigenvalue weighted by atomic mass is 16.6. The summed E-state index contributed by atoms with van der Waals surface area (Å²) in [5.74, 6) is -0.0459. The Morgan fingerprint density at radius 2 is 1.94 bits per heavy atom. The average Bonchev–Trinajstić information content (AvgIpc) is 3.29. The molecule has 33 heavy (non-hydrogen) atoms. The first-order chi connectivity index (χ1) is 15.3. The molecule has 0 unspecified atom stereocenters. The minimum Gasteiger partial charge on any atom is -0.461 e. The third-order valence-corrected chi connectivity index (χ3v) is 5.28. The number of aromatic nitrogens is 3. The number of hydrogen-bond acceptors (Lipinski definition) is 7. The van der Waals surface area contributed by atoms with Gasteiger partial charge in [-0.2, -0.15) is 10.4 Å². The summed E-state index contributed by atoms with van der Waals surface area (Å²) in [6.45, 7) is 11.7. The Hall–Kier alpha value is -2.99. The van der Waals surface area contributed by atoms with Crippen molar-refractivity contribution in [3.05, 3.63) is 24.2 Å². The quantitative estimate of drug-likeness (QED) is 0.649. The SMILES string of the molecule is CC(C)(C)CC(=O)Nc1ncnn2c([C@H]3CC[C@@](C#N)(COC(=O)CC(C)(C)C)O3)ccc12. The van der Waals surface area contributed by atoms with E-state index >= 15 is 0 Å². The molecule has 0 radical (unpaired) electrons. The van der Waals surface area contributed by atoms with Gasteiger partial charge in [0.1, 0.15) is 30.6 Å². The van der Waals surface area contributed by atoms with Gasteiger partial charge >= 0.3 is 5.97 Å². The number of nitriles is 1. The standard InChI is InChI=1S/C24H33N5O4/c1-22(2,3)11-19(30)28-21-17-8-7-16(29(17)27-15-26-21)18-9-10-24(13-25,33-18)14-32-20(31)12-23(4,5)6/h7-8,15,18H,9-12,14H2,1-6H3,(H,26,27,28,30)/t18-,24-/m1/s1. The number of amides is 1. The van der Waals surface area contributed by atoms with Crippen LogP contribution in [-0.2, 0) is 19.1 Å². The van der Waals surface area contributed by atoms with E-state index in [-0.39, 0.29) is 35.7 Å². The van der Waals surface area contributed by atoms with Crippen molar-refractivity contribution in [2.45, 2.75) is 78.9 Å². The van der Waals surface area contributed by atoms with Crippen LogP contribution in [0.4, 0.5) is 5.82 Å². The second-order valence-corrected chi connectivity index (χ2v) is 11.1. The summed E-state index contributed by atoms with van der Waals surface area (Å²) in [5, 5.41) is 17.0. The van der Waals surface area contributed by atoms with E-state index in [1.54, 1.807) is 4.52 Å². The molecule has 178 valence electrons. The maximum Gasteiger partial charge on any atom is 0.306 e. The second-order valence-electron chi connectivity index (χ2n) is 11.1. The number of nitrogens with one attached hydrogen (secondary N) is 1. The number of esters is 1. The predicted molar refractivity (Wildman–Crippen MR) is 122 cm³/mol. The summed E-state index contributed by atoms with van der Waals surface area (Å²) in [4.78, 5) is 28.7. The molecular formula is C24H33N5O4. The maximum atomic E-state index is 12.4. The lowest BCUT2D eigenvalue weighted by molar-refractivity contribution is -0.153. The highest BCUT2D eigenvalue weighted by molar-refractivity contribution is 5.93. The lowest BCUT2D eigenvalue weighted by atomic mass is 9.92. The van der Waals surface area contributed by atoms with Gasteiger partial charge < -0.3 is 14.8 Å². The summed E-state index contributed by atoms with van der Waals surface area (Å²) >= 11 is 0. The highest BCUT2D eigenvalue weighted by Crippen LogP contribution is 2.40. The van der Waals surface area contributed by atoms with E-state index in [9.17, 15) is 14.9 Å². The molecule has 0 spiro atoms. The van der Waals surface area contributed by atoms with Gasteiger partial charge in [0.15, 0.2) is 11.4 Å². The zero-order chi connectivity index (χ0) is 24.4. The smallest absolute Gasteiger partial charge is 0.306 e. The van der Waals surface area contributed by atoms with Crippen LogP contribution in [0.2, 0.25) is 0 Å². The number of carbonyl (C=O) groups is 2. The zero-order valence-electron chi connectivity index (χ0n) is 20.3. The fourth-order valence-electron chi connectivity index (χ4n) is 3.82. The van der Waals surface area contributed by atoms with Crippen molar-refractivity contribution in [2.75, 3.05) is 11.9 Å². The first kappa shape index (κ1) is 24.6. The van der Waals surface area contributed by atoms with Crippen LogP contribution < -0.4 is 5.32 Å². The van der Waals surface area contributed by atoms with Gasteiger partial charge in [-0.15, -0.1) is 0 Å². The van der Waals surface area contributed by atoms with Crippen molar-refractivity contribution in [2.24, 2.45) is 10.8 Å². The van der Waals surface area contributed by atoms with Crippen LogP contribution in [-0.4, -0.2) is 38.7 Å². The van der Waals surface area contributed by atoms with Gasteiger partial charge in [0.25, 0.3) is 0 Å². The van der Waals surface area contributed by atoms with Gasteiger partial charge in [-0.05, 0) is 35.8 Å².